The van der Waals surface area contributed by atoms with Crippen LogP contribution in [0.1, 0.15) is 10.4 Å². The normalized spacial score (nSPS) is 11.1. The molecule has 0 aromatic heterocycles. The number of aromatic carboxylic acids is 1. The summed E-state index contributed by atoms with van der Waals surface area (Å²) in [6.45, 7) is 0. The lowest BCUT2D eigenvalue weighted by Crippen LogP contribution is -2.14. The Morgan fingerprint density at radius 2 is 1.67 bits per heavy atom. The Morgan fingerprint density at radius 1 is 1.05 bits per heavy atom. The lowest BCUT2D eigenvalue weighted by atomic mass is 10.2. The Balaban J connectivity index is 2.35. The van der Waals surface area contributed by atoms with Crippen LogP contribution in [0.5, 0.6) is 0 Å². The highest BCUT2D eigenvalue weighted by molar-refractivity contribution is 9.10. The van der Waals surface area contributed by atoms with Gasteiger partial charge in [0.1, 0.15) is 4.90 Å². The van der Waals surface area contributed by atoms with Crippen LogP contribution in [0.2, 0.25) is 0 Å². The fraction of sp³-hybridized carbons (Fsp3) is 0. The van der Waals surface area contributed by atoms with Crippen LogP contribution >= 0.6 is 31.9 Å². The Labute approximate surface area is 138 Å². The predicted octanol–water partition coefficient (Wildman–Crippen LogP) is 3.71. The van der Waals surface area contributed by atoms with Gasteiger partial charge >= 0.3 is 5.97 Å². The van der Waals surface area contributed by atoms with E-state index in [1.807, 2.05) is 0 Å². The SMILES string of the molecule is O=C(O)c1ccc(S(=O)(=O)Nc2ccc(Br)cc2)c(Br)c1. The van der Waals surface area contributed by atoms with E-state index in [1.165, 1.54) is 18.2 Å². The standard InChI is InChI=1S/C13H9Br2NO4S/c14-9-2-4-10(5-3-9)16-21(19,20)12-6-1-8(13(17)18)7-11(12)15/h1-7,16H,(H,17,18). The molecule has 0 amide bonds. The van der Waals surface area contributed by atoms with Crippen molar-refractivity contribution in [2.45, 2.75) is 4.90 Å². The average molecular weight is 435 g/mol. The van der Waals surface area contributed by atoms with Gasteiger partial charge < -0.3 is 5.11 Å². The molecule has 0 heterocycles. The molecule has 0 aliphatic heterocycles. The van der Waals surface area contributed by atoms with Gasteiger partial charge in [0.2, 0.25) is 0 Å². The third-order valence-electron chi connectivity index (χ3n) is 2.56. The third kappa shape index (κ3) is 3.84. The zero-order chi connectivity index (χ0) is 15.6. The number of carboxylic acid groups (broad SMARTS) is 1. The number of hydrogen-bond acceptors (Lipinski definition) is 3. The summed E-state index contributed by atoms with van der Waals surface area (Å²) in [7, 11) is -3.80. The summed E-state index contributed by atoms with van der Waals surface area (Å²) in [6, 6.07) is 10.4. The van der Waals surface area contributed by atoms with Crippen molar-refractivity contribution in [1.29, 1.82) is 0 Å². The van der Waals surface area contributed by atoms with Crippen LogP contribution in [0.3, 0.4) is 0 Å². The van der Waals surface area contributed by atoms with E-state index in [4.69, 9.17) is 5.11 Å². The molecule has 0 saturated heterocycles. The minimum atomic E-state index is -3.80. The van der Waals surface area contributed by atoms with Gasteiger partial charge in [-0.3, -0.25) is 4.72 Å². The van der Waals surface area contributed by atoms with Gasteiger partial charge in [0, 0.05) is 14.6 Å². The first-order valence-electron chi connectivity index (χ1n) is 5.61. The number of sulfonamides is 1. The molecule has 8 heteroatoms. The molecule has 21 heavy (non-hydrogen) atoms. The summed E-state index contributed by atoms with van der Waals surface area (Å²) in [5, 5.41) is 8.87. The second-order valence-corrected chi connectivity index (χ2v) is 7.48. The topological polar surface area (TPSA) is 83.5 Å². The van der Waals surface area contributed by atoms with E-state index in [0.29, 0.717) is 5.69 Å². The molecule has 0 aliphatic carbocycles. The number of benzene rings is 2. The average Bonchev–Trinajstić information content (AvgIpc) is 2.40. The third-order valence-corrected chi connectivity index (χ3v) is 5.45. The summed E-state index contributed by atoms with van der Waals surface area (Å²) >= 11 is 6.35. The highest BCUT2D eigenvalue weighted by Crippen LogP contribution is 2.26. The maximum Gasteiger partial charge on any atom is 0.335 e. The van der Waals surface area contributed by atoms with Crippen molar-refractivity contribution in [3.8, 4) is 0 Å². The fourth-order valence-corrected chi connectivity index (χ4v) is 3.98. The second kappa shape index (κ2) is 6.17. The molecule has 0 radical (unpaired) electrons. The molecule has 110 valence electrons. The molecule has 0 atom stereocenters. The molecule has 2 N–H and O–H groups in total. The molecule has 2 aromatic carbocycles. The fourth-order valence-electron chi connectivity index (χ4n) is 1.58. The van der Waals surface area contributed by atoms with Crippen molar-refractivity contribution in [2.24, 2.45) is 0 Å². The Hall–Kier alpha value is -1.38. The summed E-state index contributed by atoms with van der Waals surface area (Å²) in [5.41, 5.74) is 0.414. The van der Waals surface area contributed by atoms with Gasteiger partial charge in [-0.15, -0.1) is 0 Å². The minimum Gasteiger partial charge on any atom is -0.478 e. The van der Waals surface area contributed by atoms with Crippen molar-refractivity contribution in [3.63, 3.8) is 0 Å². The number of anilines is 1. The predicted molar refractivity (Wildman–Crippen MR) is 86.1 cm³/mol. The lowest BCUT2D eigenvalue weighted by Gasteiger charge is -2.10. The number of hydrogen-bond donors (Lipinski definition) is 2. The van der Waals surface area contributed by atoms with Gasteiger partial charge in [-0.25, -0.2) is 13.2 Å². The zero-order valence-electron chi connectivity index (χ0n) is 10.4. The summed E-state index contributed by atoms with van der Waals surface area (Å²) in [5.74, 6) is -1.12. The molecule has 0 unspecified atom stereocenters. The smallest absolute Gasteiger partial charge is 0.335 e. The van der Waals surface area contributed by atoms with E-state index in [0.717, 1.165) is 4.47 Å². The van der Waals surface area contributed by atoms with E-state index in [-0.39, 0.29) is 14.9 Å². The van der Waals surface area contributed by atoms with Crippen LogP contribution in [0.4, 0.5) is 5.69 Å². The maximum absolute atomic E-state index is 12.3. The monoisotopic (exact) mass is 433 g/mol. The minimum absolute atomic E-state index is 0.00414. The van der Waals surface area contributed by atoms with E-state index < -0.39 is 16.0 Å². The van der Waals surface area contributed by atoms with E-state index in [2.05, 4.69) is 36.6 Å². The number of rotatable bonds is 4. The van der Waals surface area contributed by atoms with Crippen LogP contribution in [-0.2, 0) is 10.0 Å². The second-order valence-electron chi connectivity index (χ2n) is 4.06. The van der Waals surface area contributed by atoms with Gasteiger partial charge in [-0.1, -0.05) is 15.9 Å². The quantitative estimate of drug-likeness (QED) is 0.768. The number of nitrogens with one attached hydrogen (secondary N) is 1. The summed E-state index contributed by atoms with van der Waals surface area (Å²) in [6.07, 6.45) is 0. The van der Waals surface area contributed by atoms with E-state index >= 15 is 0 Å². The zero-order valence-corrected chi connectivity index (χ0v) is 14.4. The van der Waals surface area contributed by atoms with Gasteiger partial charge in [0.15, 0.2) is 0 Å². The maximum atomic E-state index is 12.3. The molecule has 2 aromatic rings. The van der Waals surface area contributed by atoms with Crippen molar-refractivity contribution in [3.05, 3.63) is 57.0 Å². The first-order chi connectivity index (χ1) is 9.79. The van der Waals surface area contributed by atoms with Crippen LogP contribution in [-0.4, -0.2) is 19.5 Å². The van der Waals surface area contributed by atoms with Gasteiger partial charge in [-0.05, 0) is 58.4 Å². The molecule has 0 saturated carbocycles. The van der Waals surface area contributed by atoms with Crippen molar-refractivity contribution in [1.82, 2.24) is 0 Å². The largest absolute Gasteiger partial charge is 0.478 e. The molecular weight excluding hydrogens is 426 g/mol. The molecule has 0 fully saturated rings. The molecule has 2 rings (SSSR count). The summed E-state index contributed by atoms with van der Waals surface area (Å²) < 4.78 is 28.0. The molecule has 5 nitrogen and oxygen atoms in total. The Morgan fingerprint density at radius 3 is 2.19 bits per heavy atom. The molecular formula is C13H9Br2NO4S. The first kappa shape index (κ1) is 16.0. The number of carbonyl (C=O) groups is 1. The van der Waals surface area contributed by atoms with Crippen LogP contribution in [0.15, 0.2) is 56.3 Å². The molecule has 0 spiro atoms. The van der Waals surface area contributed by atoms with Gasteiger partial charge in [0.05, 0.1) is 5.56 Å². The van der Waals surface area contributed by atoms with E-state index in [1.54, 1.807) is 24.3 Å². The van der Waals surface area contributed by atoms with Crippen LogP contribution < -0.4 is 4.72 Å². The van der Waals surface area contributed by atoms with Crippen LogP contribution in [0.25, 0.3) is 0 Å². The van der Waals surface area contributed by atoms with Crippen LogP contribution in [0, 0.1) is 0 Å². The van der Waals surface area contributed by atoms with E-state index in [9.17, 15) is 13.2 Å². The van der Waals surface area contributed by atoms with Gasteiger partial charge in [0.25, 0.3) is 10.0 Å². The highest BCUT2D eigenvalue weighted by atomic mass is 79.9. The number of carboxylic acids is 1. The highest BCUT2D eigenvalue weighted by Gasteiger charge is 2.19. The van der Waals surface area contributed by atoms with Crippen molar-refractivity contribution in [2.75, 3.05) is 4.72 Å². The Kier molecular flexibility index (Phi) is 4.70. The van der Waals surface area contributed by atoms with Crippen molar-refractivity contribution < 1.29 is 18.3 Å². The molecule has 0 aliphatic rings. The number of halogens is 2. The Bertz CT molecular complexity index is 788. The first-order valence-corrected chi connectivity index (χ1v) is 8.68. The van der Waals surface area contributed by atoms with Gasteiger partial charge in [-0.2, -0.15) is 0 Å². The summed E-state index contributed by atoms with van der Waals surface area (Å²) in [4.78, 5) is 10.8. The molecule has 0 bridgehead atoms. The van der Waals surface area contributed by atoms with Crippen molar-refractivity contribution >= 4 is 53.5 Å². The lowest BCUT2D eigenvalue weighted by molar-refractivity contribution is 0.0696.